The Kier molecular flexibility index (Phi) is 5.73. The molecule has 0 aliphatic rings. The lowest BCUT2D eigenvalue weighted by Crippen LogP contribution is -2.35. The summed E-state index contributed by atoms with van der Waals surface area (Å²) in [7, 11) is 1.67. The molecular formula is C14H22FN3O. The van der Waals surface area contributed by atoms with Gasteiger partial charge in [-0.15, -0.1) is 0 Å². The van der Waals surface area contributed by atoms with Gasteiger partial charge in [-0.05, 0) is 18.9 Å². The van der Waals surface area contributed by atoms with E-state index in [1.54, 1.807) is 11.9 Å². The number of aromatic nitrogens is 1. The second-order valence-corrected chi connectivity index (χ2v) is 4.66. The van der Waals surface area contributed by atoms with Crippen LogP contribution in [0.2, 0.25) is 0 Å². The quantitative estimate of drug-likeness (QED) is 0.862. The number of halogens is 1. The maximum Gasteiger partial charge on any atom is 0.257 e. The number of anilines is 1. The van der Waals surface area contributed by atoms with E-state index in [-0.39, 0.29) is 11.5 Å². The summed E-state index contributed by atoms with van der Waals surface area (Å²) in [5, 5.41) is 2.82. The van der Waals surface area contributed by atoms with Crippen LogP contribution in [0.15, 0.2) is 12.3 Å². The molecule has 19 heavy (non-hydrogen) atoms. The SMILES string of the molecule is CCC(C)CN(CC)C(=O)c1cc(F)cnc1NC. The van der Waals surface area contributed by atoms with E-state index in [1.807, 2.05) is 6.92 Å². The zero-order valence-electron chi connectivity index (χ0n) is 12.0. The zero-order chi connectivity index (χ0) is 14.4. The fourth-order valence-electron chi connectivity index (χ4n) is 1.83. The van der Waals surface area contributed by atoms with Crippen LogP contribution in [0.4, 0.5) is 10.2 Å². The molecule has 0 bridgehead atoms. The van der Waals surface area contributed by atoms with Crippen LogP contribution in [0.25, 0.3) is 0 Å². The Labute approximate surface area is 114 Å². The number of rotatable bonds is 6. The number of hydrogen-bond acceptors (Lipinski definition) is 3. The van der Waals surface area contributed by atoms with E-state index in [9.17, 15) is 9.18 Å². The molecule has 1 aromatic heterocycles. The highest BCUT2D eigenvalue weighted by Crippen LogP contribution is 2.17. The van der Waals surface area contributed by atoms with Crippen molar-refractivity contribution in [1.29, 1.82) is 0 Å². The van der Waals surface area contributed by atoms with Crippen LogP contribution in [0.3, 0.4) is 0 Å². The third-order valence-corrected chi connectivity index (χ3v) is 3.22. The first kappa shape index (κ1) is 15.4. The number of pyridine rings is 1. The molecule has 4 nitrogen and oxygen atoms in total. The van der Waals surface area contributed by atoms with Crippen molar-refractivity contribution in [3.05, 3.63) is 23.6 Å². The smallest absolute Gasteiger partial charge is 0.257 e. The van der Waals surface area contributed by atoms with E-state index in [4.69, 9.17) is 0 Å². The van der Waals surface area contributed by atoms with Gasteiger partial charge >= 0.3 is 0 Å². The van der Waals surface area contributed by atoms with Crippen molar-refractivity contribution in [2.24, 2.45) is 5.92 Å². The minimum Gasteiger partial charge on any atom is -0.372 e. The first-order valence-corrected chi connectivity index (χ1v) is 6.66. The van der Waals surface area contributed by atoms with Gasteiger partial charge in [0.05, 0.1) is 11.8 Å². The fraction of sp³-hybridized carbons (Fsp3) is 0.571. The fourth-order valence-corrected chi connectivity index (χ4v) is 1.83. The molecule has 0 aliphatic heterocycles. The number of hydrogen-bond donors (Lipinski definition) is 1. The predicted molar refractivity (Wildman–Crippen MR) is 74.8 cm³/mol. The number of nitrogens with one attached hydrogen (secondary N) is 1. The number of amides is 1. The van der Waals surface area contributed by atoms with Gasteiger partial charge in [-0.1, -0.05) is 20.3 Å². The van der Waals surface area contributed by atoms with Gasteiger partial charge in [-0.2, -0.15) is 0 Å². The zero-order valence-corrected chi connectivity index (χ0v) is 12.0. The molecule has 1 rings (SSSR count). The molecular weight excluding hydrogens is 245 g/mol. The van der Waals surface area contributed by atoms with E-state index < -0.39 is 5.82 Å². The summed E-state index contributed by atoms with van der Waals surface area (Å²) < 4.78 is 13.3. The highest BCUT2D eigenvalue weighted by atomic mass is 19.1. The summed E-state index contributed by atoms with van der Waals surface area (Å²) in [6, 6.07) is 1.24. The molecule has 1 unspecified atom stereocenters. The first-order chi connectivity index (χ1) is 9.03. The van der Waals surface area contributed by atoms with Gasteiger partial charge in [-0.3, -0.25) is 4.79 Å². The van der Waals surface area contributed by atoms with Crippen LogP contribution in [-0.4, -0.2) is 35.9 Å². The van der Waals surface area contributed by atoms with Crippen LogP contribution in [0, 0.1) is 11.7 Å². The van der Waals surface area contributed by atoms with Gasteiger partial charge in [0.2, 0.25) is 0 Å². The molecule has 1 N–H and O–H groups in total. The normalized spacial score (nSPS) is 12.1. The number of nitrogens with zero attached hydrogens (tertiary/aromatic N) is 2. The third-order valence-electron chi connectivity index (χ3n) is 3.22. The molecule has 0 saturated carbocycles. The molecule has 1 heterocycles. The average molecular weight is 267 g/mol. The number of carbonyl (C=O) groups excluding carboxylic acids is 1. The molecule has 0 saturated heterocycles. The Balaban J connectivity index is 2.99. The topological polar surface area (TPSA) is 45.2 Å². The van der Waals surface area contributed by atoms with Gasteiger partial charge in [0.25, 0.3) is 5.91 Å². The average Bonchev–Trinajstić information content (AvgIpc) is 2.43. The molecule has 5 heteroatoms. The van der Waals surface area contributed by atoms with Crippen molar-refractivity contribution in [2.75, 3.05) is 25.5 Å². The Morgan fingerprint density at radius 3 is 2.74 bits per heavy atom. The van der Waals surface area contributed by atoms with Crippen LogP contribution in [0.5, 0.6) is 0 Å². The maximum absolute atomic E-state index is 13.3. The van der Waals surface area contributed by atoms with E-state index in [2.05, 4.69) is 24.1 Å². The Bertz CT molecular complexity index is 437. The molecule has 106 valence electrons. The Morgan fingerprint density at radius 2 is 2.21 bits per heavy atom. The van der Waals surface area contributed by atoms with Gasteiger partial charge < -0.3 is 10.2 Å². The molecule has 0 fully saturated rings. The summed E-state index contributed by atoms with van der Waals surface area (Å²) in [6.07, 6.45) is 2.11. The lowest BCUT2D eigenvalue weighted by atomic mass is 10.1. The molecule has 1 amide bonds. The van der Waals surface area contributed by atoms with Crippen molar-refractivity contribution < 1.29 is 9.18 Å². The third kappa shape index (κ3) is 3.91. The summed E-state index contributed by atoms with van der Waals surface area (Å²) >= 11 is 0. The van der Waals surface area contributed by atoms with Crippen molar-refractivity contribution in [3.63, 3.8) is 0 Å². The second-order valence-electron chi connectivity index (χ2n) is 4.66. The van der Waals surface area contributed by atoms with Crippen LogP contribution in [0.1, 0.15) is 37.6 Å². The highest BCUT2D eigenvalue weighted by Gasteiger charge is 2.20. The van der Waals surface area contributed by atoms with Crippen molar-refractivity contribution in [3.8, 4) is 0 Å². The summed E-state index contributed by atoms with van der Waals surface area (Å²) in [6.45, 7) is 7.38. The Morgan fingerprint density at radius 1 is 1.53 bits per heavy atom. The van der Waals surface area contributed by atoms with Crippen molar-refractivity contribution in [1.82, 2.24) is 9.88 Å². The van der Waals surface area contributed by atoms with Gasteiger partial charge in [0, 0.05) is 20.1 Å². The molecule has 0 radical (unpaired) electrons. The molecule has 0 aromatic carbocycles. The Hall–Kier alpha value is -1.65. The minimum absolute atomic E-state index is 0.181. The molecule has 1 atom stereocenters. The van der Waals surface area contributed by atoms with Gasteiger partial charge in [0.15, 0.2) is 0 Å². The molecule has 0 aliphatic carbocycles. The second kappa shape index (κ2) is 7.07. The van der Waals surface area contributed by atoms with E-state index in [1.165, 1.54) is 6.07 Å². The van der Waals surface area contributed by atoms with E-state index in [0.29, 0.717) is 24.8 Å². The van der Waals surface area contributed by atoms with Gasteiger partial charge in [0.1, 0.15) is 11.6 Å². The number of carbonyl (C=O) groups is 1. The summed E-state index contributed by atoms with van der Waals surface area (Å²) in [4.78, 5) is 18.1. The van der Waals surface area contributed by atoms with E-state index >= 15 is 0 Å². The standard InChI is InChI=1S/C14H22FN3O/c1-5-10(3)9-18(6-2)14(19)12-7-11(15)8-17-13(12)16-4/h7-8,10H,5-6,9H2,1-4H3,(H,16,17). The molecule has 0 spiro atoms. The van der Waals surface area contributed by atoms with Crippen LogP contribution in [-0.2, 0) is 0 Å². The van der Waals surface area contributed by atoms with Crippen molar-refractivity contribution >= 4 is 11.7 Å². The highest BCUT2D eigenvalue weighted by molar-refractivity contribution is 5.98. The monoisotopic (exact) mass is 267 g/mol. The van der Waals surface area contributed by atoms with E-state index in [0.717, 1.165) is 12.6 Å². The summed E-state index contributed by atoms with van der Waals surface area (Å²) in [5.74, 6) is 0.151. The van der Waals surface area contributed by atoms with Crippen molar-refractivity contribution in [2.45, 2.75) is 27.2 Å². The largest absolute Gasteiger partial charge is 0.372 e. The lowest BCUT2D eigenvalue weighted by Gasteiger charge is -2.24. The first-order valence-electron chi connectivity index (χ1n) is 6.66. The molecule has 1 aromatic rings. The van der Waals surface area contributed by atoms with Crippen LogP contribution >= 0.6 is 0 Å². The van der Waals surface area contributed by atoms with Gasteiger partial charge in [-0.25, -0.2) is 9.37 Å². The summed E-state index contributed by atoms with van der Waals surface area (Å²) in [5.41, 5.74) is 0.285. The minimum atomic E-state index is -0.498. The maximum atomic E-state index is 13.3. The lowest BCUT2D eigenvalue weighted by molar-refractivity contribution is 0.0741. The van der Waals surface area contributed by atoms with Crippen LogP contribution < -0.4 is 5.32 Å². The predicted octanol–water partition coefficient (Wildman–Crippen LogP) is 2.77.